The highest BCUT2D eigenvalue weighted by Crippen LogP contribution is 2.29. The summed E-state index contributed by atoms with van der Waals surface area (Å²) in [4.78, 5) is 3.63. The Balaban J connectivity index is 1.69. The quantitative estimate of drug-likeness (QED) is 0.881. The number of aryl methyl sites for hydroxylation is 3. The average Bonchev–Trinajstić information content (AvgIpc) is 3.11. The second kappa shape index (κ2) is 7.05. The van der Waals surface area contributed by atoms with Crippen LogP contribution in [0.25, 0.3) is 0 Å². The Kier molecular flexibility index (Phi) is 5.06. The highest BCUT2D eigenvalue weighted by atomic mass is 32.1. The Morgan fingerprint density at radius 1 is 1.30 bits per heavy atom. The molecule has 2 N–H and O–H groups in total. The lowest BCUT2D eigenvalue weighted by molar-refractivity contribution is 0.263. The Hall–Kier alpha value is -1.34. The van der Waals surface area contributed by atoms with Crippen LogP contribution in [0.15, 0.2) is 18.2 Å². The molecule has 0 saturated carbocycles. The van der Waals surface area contributed by atoms with Crippen LogP contribution in [0.4, 0.5) is 0 Å². The van der Waals surface area contributed by atoms with Crippen LogP contribution in [0.5, 0.6) is 0 Å². The molecule has 5 nitrogen and oxygen atoms in total. The van der Waals surface area contributed by atoms with Crippen molar-refractivity contribution in [3.05, 3.63) is 45.5 Å². The SMILES string of the molecule is Cc1ccc(C)c(C2NNCC2CN(C)Cc2snnc2C)c1. The number of nitrogens with one attached hydrogen (secondary N) is 2. The van der Waals surface area contributed by atoms with Crippen molar-refractivity contribution < 1.29 is 0 Å². The number of benzene rings is 1. The van der Waals surface area contributed by atoms with Gasteiger partial charge in [-0.2, -0.15) is 0 Å². The van der Waals surface area contributed by atoms with Crippen LogP contribution in [0.3, 0.4) is 0 Å². The lowest BCUT2D eigenvalue weighted by Gasteiger charge is -2.25. The maximum atomic E-state index is 4.10. The van der Waals surface area contributed by atoms with E-state index in [9.17, 15) is 0 Å². The second-order valence-corrected chi connectivity index (χ2v) is 7.44. The third-order valence-electron chi connectivity index (χ3n) is 4.57. The summed E-state index contributed by atoms with van der Waals surface area (Å²) in [5, 5.41) is 4.10. The van der Waals surface area contributed by atoms with E-state index in [2.05, 4.69) is 64.4 Å². The highest BCUT2D eigenvalue weighted by Gasteiger charge is 2.30. The van der Waals surface area contributed by atoms with E-state index in [1.807, 2.05) is 6.92 Å². The number of aromatic nitrogens is 2. The summed E-state index contributed by atoms with van der Waals surface area (Å²) >= 11 is 1.50. The number of hydrazine groups is 1. The molecule has 2 unspecified atom stereocenters. The van der Waals surface area contributed by atoms with Crippen LogP contribution >= 0.6 is 11.5 Å². The normalized spacial score (nSPS) is 21.3. The Labute approximate surface area is 142 Å². The minimum absolute atomic E-state index is 0.359. The van der Waals surface area contributed by atoms with Gasteiger partial charge in [0.05, 0.1) is 16.6 Å². The first-order chi connectivity index (χ1) is 11.0. The summed E-state index contributed by atoms with van der Waals surface area (Å²) in [5.74, 6) is 0.543. The van der Waals surface area contributed by atoms with Gasteiger partial charge in [0.2, 0.25) is 0 Å². The molecule has 1 aliphatic heterocycles. The lowest BCUT2D eigenvalue weighted by Crippen LogP contribution is -2.30. The molecule has 2 atom stereocenters. The molecular weight excluding hydrogens is 306 g/mol. The largest absolute Gasteiger partial charge is 0.301 e. The first kappa shape index (κ1) is 16.5. The third-order valence-corrected chi connectivity index (χ3v) is 5.38. The third kappa shape index (κ3) is 3.77. The molecule has 1 aromatic heterocycles. The Morgan fingerprint density at radius 3 is 2.87 bits per heavy atom. The summed E-state index contributed by atoms with van der Waals surface area (Å²) < 4.78 is 4.03. The van der Waals surface area contributed by atoms with E-state index in [-0.39, 0.29) is 0 Å². The molecule has 124 valence electrons. The van der Waals surface area contributed by atoms with Gasteiger partial charge in [0.15, 0.2) is 0 Å². The van der Waals surface area contributed by atoms with Gasteiger partial charge in [-0.25, -0.2) is 5.43 Å². The van der Waals surface area contributed by atoms with Crippen molar-refractivity contribution in [2.45, 2.75) is 33.4 Å². The van der Waals surface area contributed by atoms with Gasteiger partial charge in [-0.3, -0.25) is 5.43 Å². The van der Waals surface area contributed by atoms with Crippen LogP contribution in [0, 0.1) is 26.7 Å². The maximum absolute atomic E-state index is 4.10. The molecule has 1 saturated heterocycles. The van der Waals surface area contributed by atoms with E-state index in [1.54, 1.807) is 0 Å². The lowest BCUT2D eigenvalue weighted by atomic mass is 9.90. The zero-order valence-electron chi connectivity index (χ0n) is 14.3. The fourth-order valence-electron chi connectivity index (χ4n) is 3.24. The average molecular weight is 331 g/mol. The van der Waals surface area contributed by atoms with Crippen molar-refractivity contribution in [1.82, 2.24) is 25.3 Å². The van der Waals surface area contributed by atoms with Gasteiger partial charge in [-0.15, -0.1) is 5.10 Å². The molecule has 3 rings (SSSR count). The summed E-state index contributed by atoms with van der Waals surface area (Å²) in [6, 6.07) is 7.07. The van der Waals surface area contributed by atoms with Gasteiger partial charge in [-0.1, -0.05) is 28.3 Å². The fraction of sp³-hybridized carbons (Fsp3) is 0.529. The van der Waals surface area contributed by atoms with E-state index < -0.39 is 0 Å². The zero-order chi connectivity index (χ0) is 16.4. The predicted octanol–water partition coefficient (Wildman–Crippen LogP) is 2.36. The molecule has 6 heteroatoms. The Morgan fingerprint density at radius 2 is 2.13 bits per heavy atom. The monoisotopic (exact) mass is 331 g/mol. The first-order valence-electron chi connectivity index (χ1n) is 8.06. The van der Waals surface area contributed by atoms with Crippen LogP contribution in [0.2, 0.25) is 0 Å². The van der Waals surface area contributed by atoms with Gasteiger partial charge >= 0.3 is 0 Å². The minimum atomic E-state index is 0.359. The van der Waals surface area contributed by atoms with E-state index in [0.29, 0.717) is 12.0 Å². The Bertz CT molecular complexity index is 669. The number of hydrogen-bond donors (Lipinski definition) is 2. The van der Waals surface area contributed by atoms with Crippen molar-refractivity contribution >= 4 is 11.5 Å². The highest BCUT2D eigenvalue weighted by molar-refractivity contribution is 7.05. The molecule has 2 aromatic rings. The van der Waals surface area contributed by atoms with E-state index in [1.165, 1.54) is 33.1 Å². The molecule has 1 fully saturated rings. The van der Waals surface area contributed by atoms with Crippen LogP contribution in [0.1, 0.15) is 33.3 Å². The molecule has 0 amide bonds. The van der Waals surface area contributed by atoms with Crippen molar-refractivity contribution in [1.29, 1.82) is 0 Å². The van der Waals surface area contributed by atoms with Gasteiger partial charge in [0, 0.05) is 25.6 Å². The topological polar surface area (TPSA) is 53.1 Å². The van der Waals surface area contributed by atoms with E-state index in [0.717, 1.165) is 25.3 Å². The maximum Gasteiger partial charge on any atom is 0.0769 e. The summed E-state index contributed by atoms with van der Waals surface area (Å²) in [6.07, 6.45) is 0. The predicted molar refractivity (Wildman–Crippen MR) is 94.3 cm³/mol. The molecule has 0 bridgehead atoms. The molecule has 23 heavy (non-hydrogen) atoms. The second-order valence-electron chi connectivity index (χ2n) is 6.60. The smallest absolute Gasteiger partial charge is 0.0769 e. The van der Waals surface area contributed by atoms with Crippen molar-refractivity contribution in [2.75, 3.05) is 20.1 Å². The van der Waals surface area contributed by atoms with Crippen LogP contribution in [-0.2, 0) is 6.54 Å². The number of rotatable bonds is 5. The van der Waals surface area contributed by atoms with Crippen molar-refractivity contribution in [2.24, 2.45) is 5.92 Å². The van der Waals surface area contributed by atoms with Crippen molar-refractivity contribution in [3.63, 3.8) is 0 Å². The van der Waals surface area contributed by atoms with Crippen molar-refractivity contribution in [3.8, 4) is 0 Å². The first-order valence-corrected chi connectivity index (χ1v) is 8.84. The van der Waals surface area contributed by atoms with E-state index >= 15 is 0 Å². The number of nitrogens with zero attached hydrogens (tertiary/aromatic N) is 3. The summed E-state index contributed by atoms with van der Waals surface area (Å²) in [6.45, 7) is 9.33. The fourth-order valence-corrected chi connectivity index (χ4v) is 3.95. The summed E-state index contributed by atoms with van der Waals surface area (Å²) in [7, 11) is 2.18. The van der Waals surface area contributed by atoms with Gasteiger partial charge in [0.25, 0.3) is 0 Å². The standard InChI is InChI=1S/C17H25N5S/c1-11-5-6-12(2)15(7-11)17-14(8-18-20-17)9-22(4)10-16-13(3)19-21-23-16/h5-7,14,17-18,20H,8-10H2,1-4H3. The molecule has 0 spiro atoms. The number of hydrogen-bond acceptors (Lipinski definition) is 6. The molecule has 1 aromatic carbocycles. The molecule has 0 radical (unpaired) electrons. The molecule has 0 aliphatic carbocycles. The molecule has 2 heterocycles. The van der Waals surface area contributed by atoms with Crippen LogP contribution < -0.4 is 10.9 Å². The zero-order valence-corrected chi connectivity index (χ0v) is 15.1. The molecular formula is C17H25N5S. The van der Waals surface area contributed by atoms with E-state index in [4.69, 9.17) is 0 Å². The van der Waals surface area contributed by atoms with Gasteiger partial charge < -0.3 is 4.90 Å². The van der Waals surface area contributed by atoms with Gasteiger partial charge in [-0.05, 0) is 50.5 Å². The van der Waals surface area contributed by atoms with Gasteiger partial charge in [0.1, 0.15) is 0 Å². The molecule has 1 aliphatic rings. The minimum Gasteiger partial charge on any atom is -0.301 e. The van der Waals surface area contributed by atoms with Crippen LogP contribution in [-0.4, -0.2) is 34.6 Å². The summed E-state index contributed by atoms with van der Waals surface area (Å²) in [5.41, 5.74) is 11.9.